The summed E-state index contributed by atoms with van der Waals surface area (Å²) < 4.78 is 43.0. The van der Waals surface area contributed by atoms with Crippen LogP contribution in [0.4, 0.5) is 13.2 Å². The second-order valence-electron chi connectivity index (χ2n) is 3.51. The fourth-order valence-electron chi connectivity index (χ4n) is 1.49. The monoisotopic (exact) mass is 246 g/mol. The number of benzene rings is 1. The topological polar surface area (TPSA) is 26.3 Å². The van der Waals surface area contributed by atoms with Crippen LogP contribution in [0.3, 0.4) is 0 Å². The van der Waals surface area contributed by atoms with Gasteiger partial charge in [0.05, 0.1) is 5.56 Å². The summed E-state index contributed by atoms with van der Waals surface area (Å²) in [4.78, 5) is 11.8. The largest absolute Gasteiger partial charge is 0.417 e. The van der Waals surface area contributed by atoms with Gasteiger partial charge in [-0.15, -0.1) is 0 Å². The molecule has 1 rings (SSSR count). The van der Waals surface area contributed by atoms with E-state index < -0.39 is 23.6 Å². The Morgan fingerprint density at radius 1 is 1.35 bits per heavy atom. The molecule has 1 aromatic rings. The first-order valence-electron chi connectivity index (χ1n) is 5.20. The third-order valence-electron chi connectivity index (χ3n) is 2.28. The third kappa shape index (κ3) is 3.30. The zero-order valence-electron chi connectivity index (χ0n) is 9.54. The number of ether oxygens (including phenoxy) is 1. The molecule has 0 spiro atoms. The summed E-state index contributed by atoms with van der Waals surface area (Å²) in [5.74, 6) is -0.653. The van der Waals surface area contributed by atoms with Crippen molar-refractivity contribution in [2.75, 3.05) is 6.61 Å². The molecule has 0 aliphatic carbocycles. The van der Waals surface area contributed by atoms with Crippen LogP contribution in [0.25, 0.3) is 0 Å². The fourth-order valence-corrected chi connectivity index (χ4v) is 1.49. The first-order valence-corrected chi connectivity index (χ1v) is 5.20. The summed E-state index contributed by atoms with van der Waals surface area (Å²) in [6.45, 7) is 3.40. The molecule has 0 aliphatic rings. The Hall–Kier alpha value is -1.36. The average Bonchev–Trinajstić information content (AvgIpc) is 2.27. The molecule has 0 N–H and O–H groups in total. The van der Waals surface area contributed by atoms with E-state index in [2.05, 4.69) is 0 Å². The Bertz CT molecular complexity index is 399. The van der Waals surface area contributed by atoms with Crippen molar-refractivity contribution < 1.29 is 22.7 Å². The summed E-state index contributed by atoms with van der Waals surface area (Å²) in [5.41, 5.74) is -1.27. The average molecular weight is 246 g/mol. The lowest BCUT2D eigenvalue weighted by Crippen LogP contribution is -2.24. The third-order valence-corrected chi connectivity index (χ3v) is 2.28. The highest BCUT2D eigenvalue weighted by molar-refractivity contribution is 6.00. The van der Waals surface area contributed by atoms with E-state index in [9.17, 15) is 18.0 Å². The molecule has 0 aromatic heterocycles. The molecular weight excluding hydrogens is 233 g/mol. The molecule has 0 heterocycles. The van der Waals surface area contributed by atoms with Gasteiger partial charge in [0.15, 0.2) is 5.78 Å². The van der Waals surface area contributed by atoms with Crippen LogP contribution in [0.15, 0.2) is 24.3 Å². The highest BCUT2D eigenvalue weighted by Gasteiger charge is 2.35. The molecular formula is C12H13F3O2. The predicted octanol–water partition coefficient (Wildman–Crippen LogP) is 3.31. The maximum atomic E-state index is 12.7. The van der Waals surface area contributed by atoms with E-state index in [0.717, 1.165) is 6.07 Å². The number of hydrogen-bond acceptors (Lipinski definition) is 2. The highest BCUT2D eigenvalue weighted by Crippen LogP contribution is 2.32. The first kappa shape index (κ1) is 13.7. The van der Waals surface area contributed by atoms with Crippen LogP contribution in [0.5, 0.6) is 0 Å². The lowest BCUT2D eigenvalue weighted by molar-refractivity contribution is -0.138. The first-order chi connectivity index (χ1) is 7.88. The smallest absolute Gasteiger partial charge is 0.371 e. The minimum Gasteiger partial charge on any atom is -0.371 e. The second kappa shape index (κ2) is 5.31. The van der Waals surface area contributed by atoms with Gasteiger partial charge in [-0.05, 0) is 19.9 Å². The van der Waals surface area contributed by atoms with Crippen LogP contribution in [-0.2, 0) is 10.9 Å². The van der Waals surface area contributed by atoms with Crippen molar-refractivity contribution in [1.82, 2.24) is 0 Å². The van der Waals surface area contributed by atoms with E-state index >= 15 is 0 Å². The zero-order valence-corrected chi connectivity index (χ0v) is 9.54. The van der Waals surface area contributed by atoms with Crippen LogP contribution in [-0.4, -0.2) is 18.5 Å². The van der Waals surface area contributed by atoms with Gasteiger partial charge in [-0.2, -0.15) is 13.2 Å². The molecule has 1 atom stereocenters. The number of hydrogen-bond donors (Lipinski definition) is 0. The molecule has 0 saturated carbocycles. The quantitative estimate of drug-likeness (QED) is 0.762. The van der Waals surface area contributed by atoms with Gasteiger partial charge in [0.25, 0.3) is 0 Å². The van der Waals surface area contributed by atoms with Gasteiger partial charge in [0.2, 0.25) is 0 Å². The van der Waals surface area contributed by atoms with Gasteiger partial charge in [0.1, 0.15) is 6.10 Å². The Labute approximate surface area is 97.4 Å². The van der Waals surface area contributed by atoms with Crippen molar-refractivity contribution in [2.45, 2.75) is 26.1 Å². The van der Waals surface area contributed by atoms with E-state index in [1.54, 1.807) is 6.92 Å². The maximum Gasteiger partial charge on any atom is 0.417 e. The van der Waals surface area contributed by atoms with Gasteiger partial charge in [-0.25, -0.2) is 0 Å². The normalized spacial score (nSPS) is 13.5. The molecule has 0 aliphatic heterocycles. The SMILES string of the molecule is CCOC(C)C(=O)c1ccccc1C(F)(F)F. The molecule has 1 unspecified atom stereocenters. The van der Waals surface area contributed by atoms with Crippen molar-refractivity contribution >= 4 is 5.78 Å². The minimum atomic E-state index is -4.53. The van der Waals surface area contributed by atoms with Crippen molar-refractivity contribution in [3.63, 3.8) is 0 Å². The molecule has 2 nitrogen and oxygen atoms in total. The lowest BCUT2D eigenvalue weighted by atomic mass is 10.0. The number of rotatable bonds is 4. The number of carbonyl (C=O) groups excluding carboxylic acids is 1. The maximum absolute atomic E-state index is 12.7. The summed E-state index contributed by atoms with van der Waals surface area (Å²) in [6.07, 6.45) is -5.40. The van der Waals surface area contributed by atoms with Gasteiger partial charge in [-0.3, -0.25) is 4.79 Å². The van der Waals surface area contributed by atoms with Crippen molar-refractivity contribution in [2.24, 2.45) is 0 Å². The predicted molar refractivity (Wildman–Crippen MR) is 56.9 cm³/mol. The van der Waals surface area contributed by atoms with Gasteiger partial charge in [-0.1, -0.05) is 18.2 Å². The van der Waals surface area contributed by atoms with Crippen molar-refractivity contribution in [3.8, 4) is 0 Å². The number of ketones is 1. The van der Waals surface area contributed by atoms with Crippen LogP contribution < -0.4 is 0 Å². The summed E-state index contributed by atoms with van der Waals surface area (Å²) in [7, 11) is 0. The van der Waals surface area contributed by atoms with Crippen LogP contribution in [0.2, 0.25) is 0 Å². The summed E-state index contributed by atoms with van der Waals surface area (Å²) in [6, 6.07) is 4.72. The molecule has 0 amide bonds. The number of alkyl halides is 3. The van der Waals surface area contributed by atoms with Crippen LogP contribution in [0, 0.1) is 0 Å². The Morgan fingerprint density at radius 2 is 1.94 bits per heavy atom. The standard InChI is InChI=1S/C12H13F3O2/c1-3-17-8(2)11(16)9-6-4-5-7-10(9)12(13,14)15/h4-8H,3H2,1-2H3. The Balaban J connectivity index is 3.10. The van der Waals surface area contributed by atoms with Gasteiger partial charge >= 0.3 is 6.18 Å². The molecule has 0 saturated heterocycles. The van der Waals surface area contributed by atoms with E-state index in [1.807, 2.05) is 0 Å². The fraction of sp³-hybridized carbons (Fsp3) is 0.417. The van der Waals surface area contributed by atoms with E-state index in [4.69, 9.17) is 4.74 Å². The zero-order chi connectivity index (χ0) is 13.1. The molecule has 17 heavy (non-hydrogen) atoms. The Kier molecular flexibility index (Phi) is 4.28. The van der Waals surface area contributed by atoms with E-state index in [1.165, 1.54) is 25.1 Å². The summed E-state index contributed by atoms with van der Waals surface area (Å²) >= 11 is 0. The number of Topliss-reactive ketones (excluding diaryl/α,β-unsaturated/α-hetero) is 1. The van der Waals surface area contributed by atoms with Gasteiger partial charge < -0.3 is 4.74 Å². The number of halogens is 3. The van der Waals surface area contributed by atoms with Crippen molar-refractivity contribution in [1.29, 1.82) is 0 Å². The molecule has 1 aromatic carbocycles. The highest BCUT2D eigenvalue weighted by atomic mass is 19.4. The molecule has 0 fully saturated rings. The Morgan fingerprint density at radius 3 is 2.47 bits per heavy atom. The second-order valence-corrected chi connectivity index (χ2v) is 3.51. The summed E-state index contributed by atoms with van der Waals surface area (Å²) in [5, 5.41) is 0. The molecule has 94 valence electrons. The lowest BCUT2D eigenvalue weighted by Gasteiger charge is -2.15. The van der Waals surface area contributed by atoms with Crippen LogP contribution in [0.1, 0.15) is 29.8 Å². The molecule has 5 heteroatoms. The van der Waals surface area contributed by atoms with E-state index in [-0.39, 0.29) is 12.2 Å². The van der Waals surface area contributed by atoms with Crippen LogP contribution >= 0.6 is 0 Å². The number of carbonyl (C=O) groups is 1. The molecule has 0 bridgehead atoms. The minimum absolute atomic E-state index is 0.279. The van der Waals surface area contributed by atoms with Crippen molar-refractivity contribution in [3.05, 3.63) is 35.4 Å². The van der Waals surface area contributed by atoms with E-state index in [0.29, 0.717) is 0 Å². The van der Waals surface area contributed by atoms with Gasteiger partial charge in [0, 0.05) is 12.2 Å². The molecule has 0 radical (unpaired) electrons.